The van der Waals surface area contributed by atoms with Crippen LogP contribution in [-0.4, -0.2) is 54.9 Å². The van der Waals surface area contributed by atoms with E-state index in [-0.39, 0.29) is 23.4 Å². The summed E-state index contributed by atoms with van der Waals surface area (Å²) >= 11 is 0. The average molecular weight is 474 g/mol. The van der Waals surface area contributed by atoms with Crippen molar-refractivity contribution in [3.8, 4) is 5.75 Å². The molecule has 1 saturated carbocycles. The lowest BCUT2D eigenvalue weighted by molar-refractivity contribution is -0.134. The molecular formula is C29H47NO4. The summed E-state index contributed by atoms with van der Waals surface area (Å²) in [5.74, 6) is 0.819. The van der Waals surface area contributed by atoms with E-state index in [2.05, 4.69) is 43.9 Å². The van der Waals surface area contributed by atoms with Crippen molar-refractivity contribution in [3.05, 3.63) is 29.3 Å². The number of carbonyl (C=O) groups excluding carboxylic acids is 1. The van der Waals surface area contributed by atoms with E-state index in [0.717, 1.165) is 82.7 Å². The van der Waals surface area contributed by atoms with Gasteiger partial charge in [-0.05, 0) is 67.2 Å². The molecule has 2 aliphatic rings. The van der Waals surface area contributed by atoms with Crippen molar-refractivity contribution in [2.45, 2.75) is 109 Å². The fraction of sp³-hybridized carbons (Fsp3) is 0.759. The molecule has 34 heavy (non-hydrogen) atoms. The van der Waals surface area contributed by atoms with Gasteiger partial charge in [0.25, 0.3) is 0 Å². The first-order valence-electron chi connectivity index (χ1n) is 13.7. The van der Waals surface area contributed by atoms with Crippen LogP contribution in [0.5, 0.6) is 5.75 Å². The molecule has 0 aromatic heterocycles. The monoisotopic (exact) mass is 473 g/mol. The van der Waals surface area contributed by atoms with Crippen LogP contribution in [0.1, 0.15) is 108 Å². The molecule has 192 valence electrons. The maximum absolute atomic E-state index is 12.8. The summed E-state index contributed by atoms with van der Waals surface area (Å²) in [6.45, 7) is 11.2. The number of carbonyl (C=O) groups is 1. The molecule has 0 radical (unpaired) electrons. The molecule has 1 aromatic carbocycles. The molecule has 1 aliphatic carbocycles. The van der Waals surface area contributed by atoms with Gasteiger partial charge in [0.1, 0.15) is 5.75 Å². The molecule has 0 spiro atoms. The van der Waals surface area contributed by atoms with Crippen LogP contribution in [0.15, 0.2) is 18.2 Å². The summed E-state index contributed by atoms with van der Waals surface area (Å²) in [5.41, 5.74) is 2.36. The summed E-state index contributed by atoms with van der Waals surface area (Å²) in [5, 5.41) is 10.3. The molecular weight excluding hydrogens is 426 g/mol. The van der Waals surface area contributed by atoms with Gasteiger partial charge in [-0.25, -0.2) is 0 Å². The second kappa shape index (κ2) is 13.6. The van der Waals surface area contributed by atoms with Gasteiger partial charge in [-0.2, -0.15) is 0 Å². The minimum Gasteiger partial charge on any atom is -0.426 e. The number of esters is 1. The summed E-state index contributed by atoms with van der Waals surface area (Å²) < 4.78 is 11.4. The molecule has 2 atom stereocenters. The highest BCUT2D eigenvalue weighted by Crippen LogP contribution is 2.40. The van der Waals surface area contributed by atoms with Crippen molar-refractivity contribution in [3.63, 3.8) is 0 Å². The Labute approximate surface area is 207 Å². The van der Waals surface area contributed by atoms with Gasteiger partial charge < -0.3 is 14.6 Å². The Morgan fingerprint density at radius 3 is 2.68 bits per heavy atom. The normalized spacial score (nSPS) is 22.0. The van der Waals surface area contributed by atoms with Gasteiger partial charge in [-0.15, -0.1) is 0 Å². The van der Waals surface area contributed by atoms with Gasteiger partial charge in [0.2, 0.25) is 0 Å². The number of ether oxygens (including phenoxy) is 2. The lowest BCUT2D eigenvalue weighted by Crippen LogP contribution is -2.37. The zero-order valence-corrected chi connectivity index (χ0v) is 21.8. The molecule has 2 fully saturated rings. The Hall–Kier alpha value is -1.43. The Morgan fingerprint density at radius 1 is 1.15 bits per heavy atom. The molecule has 2 unspecified atom stereocenters. The van der Waals surface area contributed by atoms with Crippen molar-refractivity contribution in [2.24, 2.45) is 0 Å². The van der Waals surface area contributed by atoms with Gasteiger partial charge in [0, 0.05) is 19.5 Å². The number of benzene rings is 1. The van der Waals surface area contributed by atoms with E-state index < -0.39 is 0 Å². The average Bonchev–Trinajstić information content (AvgIpc) is 2.82. The summed E-state index contributed by atoms with van der Waals surface area (Å²) in [6.07, 6.45) is 10.8. The zero-order chi connectivity index (χ0) is 24.4. The second-order valence-corrected chi connectivity index (χ2v) is 11.0. The Morgan fingerprint density at radius 2 is 1.94 bits per heavy atom. The first-order chi connectivity index (χ1) is 16.4. The first-order valence-corrected chi connectivity index (χ1v) is 13.7. The second-order valence-electron chi connectivity index (χ2n) is 11.0. The van der Waals surface area contributed by atoms with Gasteiger partial charge >= 0.3 is 5.97 Å². The smallest absolute Gasteiger partial charge is 0.311 e. The quantitative estimate of drug-likeness (QED) is 0.230. The van der Waals surface area contributed by atoms with Crippen molar-refractivity contribution < 1.29 is 19.4 Å². The summed E-state index contributed by atoms with van der Waals surface area (Å²) in [6, 6.07) is 6.52. The predicted octanol–water partition coefficient (Wildman–Crippen LogP) is 5.97. The van der Waals surface area contributed by atoms with Crippen LogP contribution >= 0.6 is 0 Å². The van der Waals surface area contributed by atoms with Gasteiger partial charge in [0.05, 0.1) is 19.3 Å². The van der Waals surface area contributed by atoms with Gasteiger partial charge in [-0.3, -0.25) is 9.69 Å². The Bertz CT molecular complexity index is 756. The third kappa shape index (κ3) is 8.35. The van der Waals surface area contributed by atoms with Crippen molar-refractivity contribution >= 4 is 5.97 Å². The highest BCUT2D eigenvalue weighted by atomic mass is 16.5. The number of aliphatic hydroxyl groups is 1. The first kappa shape index (κ1) is 27.2. The predicted molar refractivity (Wildman–Crippen MR) is 138 cm³/mol. The van der Waals surface area contributed by atoms with E-state index in [1.54, 1.807) is 0 Å². The lowest BCUT2D eigenvalue weighted by atomic mass is 9.77. The maximum atomic E-state index is 12.8. The number of hydrogen-bond donors (Lipinski definition) is 1. The van der Waals surface area contributed by atoms with Crippen molar-refractivity contribution in [1.82, 2.24) is 4.90 Å². The molecule has 1 saturated heterocycles. The van der Waals surface area contributed by atoms with Crippen LogP contribution < -0.4 is 4.74 Å². The third-order valence-corrected chi connectivity index (χ3v) is 7.72. The number of aliphatic hydroxyl groups excluding tert-OH is 1. The highest BCUT2D eigenvalue weighted by Gasteiger charge is 2.28. The van der Waals surface area contributed by atoms with E-state index in [1.165, 1.54) is 31.2 Å². The fourth-order valence-electron chi connectivity index (χ4n) is 5.41. The van der Waals surface area contributed by atoms with Crippen LogP contribution in [0.2, 0.25) is 0 Å². The van der Waals surface area contributed by atoms with Gasteiger partial charge in [-0.1, -0.05) is 65.0 Å². The minimum absolute atomic E-state index is 0.0375. The number of unbranched alkanes of at least 4 members (excludes halogenated alkanes) is 3. The van der Waals surface area contributed by atoms with E-state index in [1.807, 2.05) is 0 Å². The highest BCUT2D eigenvalue weighted by molar-refractivity contribution is 5.73. The number of morpholine rings is 1. The summed E-state index contributed by atoms with van der Waals surface area (Å²) in [4.78, 5) is 15.2. The van der Waals surface area contributed by atoms with Crippen LogP contribution in [-0.2, 0) is 14.9 Å². The Balaban J connectivity index is 1.68. The largest absolute Gasteiger partial charge is 0.426 e. The van der Waals surface area contributed by atoms with Crippen LogP contribution in [0, 0.1) is 0 Å². The molecule has 1 aliphatic heterocycles. The molecule has 3 rings (SSSR count). The number of rotatable bonds is 12. The topological polar surface area (TPSA) is 59.0 Å². The van der Waals surface area contributed by atoms with E-state index in [0.29, 0.717) is 6.42 Å². The van der Waals surface area contributed by atoms with Crippen LogP contribution in [0.25, 0.3) is 0 Å². The molecule has 5 heteroatoms. The molecule has 1 N–H and O–H groups in total. The van der Waals surface area contributed by atoms with E-state index in [4.69, 9.17) is 9.47 Å². The van der Waals surface area contributed by atoms with Crippen LogP contribution in [0.3, 0.4) is 0 Å². The molecule has 5 nitrogen and oxygen atoms in total. The third-order valence-electron chi connectivity index (χ3n) is 7.72. The van der Waals surface area contributed by atoms with Gasteiger partial charge in [0.15, 0.2) is 0 Å². The number of nitrogens with zero attached hydrogens (tertiary/aromatic N) is 1. The molecule has 0 bridgehead atoms. The SMILES string of the molecule is CCCCCCC(C)(C)c1ccc(C2CCCC(O)C2)c(OC(=O)CCCN2CCOCC2)c1. The summed E-state index contributed by atoms with van der Waals surface area (Å²) in [7, 11) is 0. The molecule has 1 aromatic rings. The van der Waals surface area contributed by atoms with Crippen molar-refractivity contribution in [2.75, 3.05) is 32.8 Å². The lowest BCUT2D eigenvalue weighted by Gasteiger charge is -2.30. The minimum atomic E-state index is -0.259. The molecule has 0 amide bonds. The standard InChI is InChI=1S/C29H47NO4/c1-4-5-6-7-15-29(2,3)24-13-14-26(23-10-8-11-25(31)21-23)27(22-24)34-28(32)12-9-16-30-17-19-33-20-18-30/h13-14,22-23,25,31H,4-12,15-21H2,1-3H3. The number of hydrogen-bond acceptors (Lipinski definition) is 5. The maximum Gasteiger partial charge on any atom is 0.311 e. The van der Waals surface area contributed by atoms with Crippen molar-refractivity contribution in [1.29, 1.82) is 0 Å². The van der Waals surface area contributed by atoms with E-state index >= 15 is 0 Å². The van der Waals surface area contributed by atoms with E-state index in [9.17, 15) is 9.90 Å². The fourth-order valence-corrected chi connectivity index (χ4v) is 5.41. The Kier molecular flexibility index (Phi) is 10.9. The van der Waals surface area contributed by atoms with Crippen LogP contribution in [0.4, 0.5) is 0 Å². The zero-order valence-electron chi connectivity index (χ0n) is 21.8. The molecule has 1 heterocycles.